The van der Waals surface area contributed by atoms with E-state index in [1.54, 1.807) is 22.9 Å². The van der Waals surface area contributed by atoms with Crippen LogP contribution in [0.1, 0.15) is 41.8 Å². The molecule has 7 heteroatoms. The Balaban J connectivity index is 1.84. The van der Waals surface area contributed by atoms with Gasteiger partial charge in [0.25, 0.3) is 0 Å². The molecule has 0 fully saturated rings. The summed E-state index contributed by atoms with van der Waals surface area (Å²) in [4.78, 5) is 0. The smallest absolute Gasteiger partial charge is 0.366 e. The highest BCUT2D eigenvalue weighted by Gasteiger charge is 2.31. The topological polar surface area (TPSA) is 29.9 Å². The van der Waals surface area contributed by atoms with E-state index in [1.165, 1.54) is 18.2 Å². The predicted octanol–water partition coefficient (Wildman–Crippen LogP) is 6.21. The van der Waals surface area contributed by atoms with Gasteiger partial charge in [-0.15, -0.1) is 0 Å². The minimum absolute atomic E-state index is 0.225. The SMILES string of the molecule is Cc1cc(NCc2ccc(F)cc2)n(Cc2ccc(C(F)(F)F)cc2CC(C)C)n1. The Labute approximate surface area is 173 Å². The van der Waals surface area contributed by atoms with Gasteiger partial charge in [-0.1, -0.05) is 32.0 Å². The van der Waals surface area contributed by atoms with Gasteiger partial charge in [0.1, 0.15) is 11.6 Å². The maximum Gasteiger partial charge on any atom is 0.416 e. The second-order valence-electron chi connectivity index (χ2n) is 7.89. The Morgan fingerprint density at radius 1 is 1.00 bits per heavy atom. The molecule has 3 nitrogen and oxygen atoms in total. The Morgan fingerprint density at radius 3 is 2.33 bits per heavy atom. The van der Waals surface area contributed by atoms with Crippen molar-refractivity contribution in [3.05, 3.63) is 82.3 Å². The summed E-state index contributed by atoms with van der Waals surface area (Å²) >= 11 is 0. The lowest BCUT2D eigenvalue weighted by molar-refractivity contribution is -0.137. The quantitative estimate of drug-likeness (QED) is 0.462. The van der Waals surface area contributed by atoms with Gasteiger partial charge in [-0.25, -0.2) is 9.07 Å². The first-order chi connectivity index (χ1) is 14.1. The van der Waals surface area contributed by atoms with Crippen molar-refractivity contribution in [1.29, 1.82) is 0 Å². The fourth-order valence-corrected chi connectivity index (χ4v) is 3.35. The van der Waals surface area contributed by atoms with Crippen molar-refractivity contribution >= 4 is 5.82 Å². The van der Waals surface area contributed by atoms with E-state index in [4.69, 9.17) is 0 Å². The predicted molar refractivity (Wildman–Crippen MR) is 110 cm³/mol. The van der Waals surface area contributed by atoms with Gasteiger partial charge in [-0.05, 0) is 60.2 Å². The molecule has 160 valence electrons. The summed E-state index contributed by atoms with van der Waals surface area (Å²) in [7, 11) is 0. The molecule has 0 radical (unpaired) electrons. The summed E-state index contributed by atoms with van der Waals surface area (Å²) in [6.45, 7) is 6.67. The zero-order chi connectivity index (χ0) is 21.9. The summed E-state index contributed by atoms with van der Waals surface area (Å²) in [5.41, 5.74) is 2.57. The largest absolute Gasteiger partial charge is 0.416 e. The van der Waals surface area contributed by atoms with E-state index in [1.807, 2.05) is 26.8 Å². The number of aryl methyl sites for hydroxylation is 1. The lowest BCUT2D eigenvalue weighted by atomic mass is 9.95. The third kappa shape index (κ3) is 5.62. The van der Waals surface area contributed by atoms with Gasteiger partial charge in [-0.2, -0.15) is 18.3 Å². The van der Waals surface area contributed by atoms with Gasteiger partial charge in [-0.3, -0.25) is 0 Å². The van der Waals surface area contributed by atoms with E-state index in [0.717, 1.165) is 28.7 Å². The van der Waals surface area contributed by atoms with E-state index in [2.05, 4.69) is 10.4 Å². The van der Waals surface area contributed by atoms with Crippen molar-refractivity contribution in [1.82, 2.24) is 9.78 Å². The van der Waals surface area contributed by atoms with Gasteiger partial charge < -0.3 is 5.32 Å². The third-order valence-electron chi connectivity index (χ3n) is 4.77. The minimum atomic E-state index is -4.37. The van der Waals surface area contributed by atoms with E-state index in [0.29, 0.717) is 25.1 Å². The molecule has 0 atom stereocenters. The van der Waals surface area contributed by atoms with Gasteiger partial charge in [0.15, 0.2) is 0 Å². The van der Waals surface area contributed by atoms with Crippen molar-refractivity contribution in [2.24, 2.45) is 5.92 Å². The van der Waals surface area contributed by atoms with Crippen LogP contribution in [0.15, 0.2) is 48.5 Å². The highest BCUT2D eigenvalue weighted by Crippen LogP contribution is 2.31. The maximum absolute atomic E-state index is 13.2. The molecule has 1 heterocycles. The number of rotatable bonds is 7. The summed E-state index contributed by atoms with van der Waals surface area (Å²) in [5.74, 6) is 0.689. The van der Waals surface area contributed by atoms with Gasteiger partial charge in [0.05, 0.1) is 17.8 Å². The fraction of sp³-hybridized carbons (Fsp3) is 0.348. The van der Waals surface area contributed by atoms with Gasteiger partial charge >= 0.3 is 6.18 Å². The van der Waals surface area contributed by atoms with E-state index in [9.17, 15) is 17.6 Å². The Hall–Kier alpha value is -2.83. The monoisotopic (exact) mass is 419 g/mol. The first-order valence-electron chi connectivity index (χ1n) is 9.83. The van der Waals surface area contributed by atoms with Crippen LogP contribution in [0.25, 0.3) is 0 Å². The van der Waals surface area contributed by atoms with Crippen LogP contribution in [-0.2, 0) is 25.7 Å². The number of aromatic nitrogens is 2. The molecule has 1 N–H and O–H groups in total. The number of nitrogens with one attached hydrogen (secondary N) is 1. The molecule has 3 rings (SSSR count). The third-order valence-corrected chi connectivity index (χ3v) is 4.77. The molecule has 0 saturated carbocycles. The summed E-state index contributed by atoms with van der Waals surface area (Å²) in [6.07, 6.45) is -3.81. The molecule has 0 spiro atoms. The van der Waals surface area contributed by atoms with Crippen molar-refractivity contribution < 1.29 is 17.6 Å². The summed E-state index contributed by atoms with van der Waals surface area (Å²) < 4.78 is 54.3. The van der Waals surface area contributed by atoms with Gasteiger partial charge in [0, 0.05) is 12.6 Å². The number of hydrogen-bond acceptors (Lipinski definition) is 2. The lowest BCUT2D eigenvalue weighted by Gasteiger charge is -2.17. The molecular weight excluding hydrogens is 394 g/mol. The van der Waals surface area contributed by atoms with E-state index >= 15 is 0 Å². The molecule has 0 saturated heterocycles. The molecule has 3 aromatic rings. The second-order valence-corrected chi connectivity index (χ2v) is 7.89. The molecule has 0 aliphatic heterocycles. The van der Waals surface area contributed by atoms with E-state index < -0.39 is 11.7 Å². The highest BCUT2D eigenvalue weighted by molar-refractivity contribution is 5.40. The first-order valence-corrected chi connectivity index (χ1v) is 9.83. The average Bonchev–Trinajstić information content (AvgIpc) is 3.00. The molecule has 0 bridgehead atoms. The van der Waals surface area contributed by atoms with Crippen LogP contribution in [-0.4, -0.2) is 9.78 Å². The molecule has 0 aliphatic carbocycles. The van der Waals surface area contributed by atoms with E-state index in [-0.39, 0.29) is 11.7 Å². The Bertz CT molecular complexity index is 989. The molecule has 2 aromatic carbocycles. The van der Waals surface area contributed by atoms with Crippen molar-refractivity contribution in [2.45, 2.75) is 46.5 Å². The molecular formula is C23H25F4N3. The maximum atomic E-state index is 13.2. The first kappa shape index (κ1) is 21.9. The van der Waals surface area contributed by atoms with Crippen LogP contribution < -0.4 is 5.32 Å². The average molecular weight is 419 g/mol. The number of nitrogens with zero attached hydrogens (tertiary/aromatic N) is 2. The molecule has 1 aromatic heterocycles. The Morgan fingerprint density at radius 2 is 1.70 bits per heavy atom. The number of benzene rings is 2. The molecule has 0 unspecified atom stereocenters. The summed E-state index contributed by atoms with van der Waals surface area (Å²) in [5, 5.41) is 7.78. The minimum Gasteiger partial charge on any atom is -0.366 e. The zero-order valence-corrected chi connectivity index (χ0v) is 17.2. The molecule has 0 amide bonds. The molecule has 0 aliphatic rings. The molecule has 30 heavy (non-hydrogen) atoms. The van der Waals surface area contributed by atoms with Crippen LogP contribution in [0, 0.1) is 18.7 Å². The number of alkyl halides is 3. The van der Waals surface area contributed by atoms with Gasteiger partial charge in [0.2, 0.25) is 0 Å². The van der Waals surface area contributed by atoms with Crippen LogP contribution in [0.4, 0.5) is 23.4 Å². The van der Waals surface area contributed by atoms with Crippen molar-refractivity contribution in [3.63, 3.8) is 0 Å². The fourth-order valence-electron chi connectivity index (χ4n) is 3.35. The highest BCUT2D eigenvalue weighted by atomic mass is 19.4. The van der Waals surface area contributed by atoms with Crippen LogP contribution in [0.3, 0.4) is 0 Å². The second kappa shape index (κ2) is 8.90. The number of hydrogen-bond donors (Lipinski definition) is 1. The Kier molecular flexibility index (Phi) is 6.48. The standard InChI is InChI=1S/C23H25F4N3/c1-15(2)10-19-12-20(23(25,26)27)7-6-18(19)14-30-22(11-16(3)29-30)28-13-17-4-8-21(24)9-5-17/h4-9,11-12,15,28H,10,13-14H2,1-3H3. The van der Waals surface area contributed by atoms with Crippen LogP contribution in [0.2, 0.25) is 0 Å². The van der Waals surface area contributed by atoms with Crippen molar-refractivity contribution in [2.75, 3.05) is 5.32 Å². The van der Waals surface area contributed by atoms with Crippen LogP contribution in [0.5, 0.6) is 0 Å². The zero-order valence-electron chi connectivity index (χ0n) is 17.2. The number of halogens is 4. The van der Waals surface area contributed by atoms with Crippen molar-refractivity contribution in [3.8, 4) is 0 Å². The van der Waals surface area contributed by atoms with Crippen LogP contribution >= 0.6 is 0 Å². The summed E-state index contributed by atoms with van der Waals surface area (Å²) in [6, 6.07) is 12.0. The normalized spacial score (nSPS) is 11.9. The number of anilines is 1. The lowest BCUT2D eigenvalue weighted by Crippen LogP contribution is -2.13.